The van der Waals surface area contributed by atoms with Crippen molar-refractivity contribution in [2.45, 2.75) is 96.8 Å². The van der Waals surface area contributed by atoms with Crippen molar-refractivity contribution in [3.05, 3.63) is 42.2 Å². The summed E-state index contributed by atoms with van der Waals surface area (Å²) >= 11 is 0. The number of ether oxygens (including phenoxy) is 1. The molecule has 0 atom stereocenters. The van der Waals surface area contributed by atoms with E-state index in [9.17, 15) is 4.79 Å². The molecular weight excluding hydrogens is 334 g/mol. The maximum Gasteiger partial charge on any atom is 0.339 e. The molecule has 1 aromatic heterocycles. The number of hydrogen-bond donors (Lipinski definition) is 0. The van der Waals surface area contributed by atoms with Gasteiger partial charge in [0.1, 0.15) is 0 Å². The molecular formula is C24H39NO2. The van der Waals surface area contributed by atoms with Crippen LogP contribution in [0.1, 0.15) is 107 Å². The van der Waals surface area contributed by atoms with Crippen LogP contribution in [0.4, 0.5) is 0 Å². The Labute approximate surface area is 166 Å². The van der Waals surface area contributed by atoms with Crippen molar-refractivity contribution in [1.82, 2.24) is 4.98 Å². The maximum atomic E-state index is 11.7. The summed E-state index contributed by atoms with van der Waals surface area (Å²) in [5.41, 5.74) is 0.530. The van der Waals surface area contributed by atoms with Crippen molar-refractivity contribution in [2.24, 2.45) is 0 Å². The SMILES string of the molecule is CCCCCCCC/C=C\CCCCCCCCOC(=O)c1cccnc1. The normalized spacial score (nSPS) is 11.1. The highest BCUT2D eigenvalue weighted by molar-refractivity contribution is 5.88. The van der Waals surface area contributed by atoms with Gasteiger partial charge in [0.15, 0.2) is 0 Å². The number of esters is 1. The van der Waals surface area contributed by atoms with Gasteiger partial charge in [-0.15, -0.1) is 0 Å². The molecule has 0 bridgehead atoms. The van der Waals surface area contributed by atoms with Gasteiger partial charge in [0, 0.05) is 12.4 Å². The van der Waals surface area contributed by atoms with E-state index in [0.29, 0.717) is 12.2 Å². The molecule has 1 heterocycles. The minimum atomic E-state index is -0.268. The number of unbranched alkanes of at least 4 members (excludes halogenated alkanes) is 12. The molecule has 3 heteroatoms. The first kappa shape index (κ1) is 23.4. The lowest BCUT2D eigenvalue weighted by Crippen LogP contribution is -2.06. The zero-order valence-electron chi connectivity index (χ0n) is 17.3. The van der Waals surface area contributed by atoms with Crippen LogP contribution in [-0.2, 0) is 4.74 Å². The largest absolute Gasteiger partial charge is 0.462 e. The number of aromatic nitrogens is 1. The fourth-order valence-electron chi connectivity index (χ4n) is 3.08. The van der Waals surface area contributed by atoms with Gasteiger partial charge >= 0.3 is 5.97 Å². The molecule has 0 unspecified atom stereocenters. The lowest BCUT2D eigenvalue weighted by Gasteiger charge is -2.04. The second kappa shape index (κ2) is 17.8. The highest BCUT2D eigenvalue weighted by Crippen LogP contribution is 2.10. The summed E-state index contributed by atoms with van der Waals surface area (Å²) in [4.78, 5) is 15.7. The van der Waals surface area contributed by atoms with E-state index in [4.69, 9.17) is 4.74 Å². The minimum Gasteiger partial charge on any atom is -0.462 e. The summed E-state index contributed by atoms with van der Waals surface area (Å²) < 4.78 is 5.26. The molecule has 0 fully saturated rings. The molecule has 0 amide bonds. The van der Waals surface area contributed by atoms with Crippen LogP contribution in [0.5, 0.6) is 0 Å². The van der Waals surface area contributed by atoms with Crippen LogP contribution < -0.4 is 0 Å². The molecule has 0 aliphatic carbocycles. The van der Waals surface area contributed by atoms with Gasteiger partial charge in [0.05, 0.1) is 12.2 Å². The molecule has 1 aromatic rings. The quantitative estimate of drug-likeness (QED) is 0.164. The van der Waals surface area contributed by atoms with E-state index >= 15 is 0 Å². The third kappa shape index (κ3) is 14.1. The number of pyridine rings is 1. The van der Waals surface area contributed by atoms with Gasteiger partial charge in [-0.2, -0.15) is 0 Å². The van der Waals surface area contributed by atoms with Gasteiger partial charge in [-0.1, -0.05) is 76.9 Å². The molecule has 152 valence electrons. The van der Waals surface area contributed by atoms with E-state index in [1.165, 1.54) is 77.0 Å². The molecule has 0 aliphatic rings. The Bertz CT molecular complexity index is 484. The van der Waals surface area contributed by atoms with Gasteiger partial charge < -0.3 is 4.74 Å². The Morgan fingerprint density at radius 2 is 1.48 bits per heavy atom. The van der Waals surface area contributed by atoms with Crippen LogP contribution in [0.15, 0.2) is 36.7 Å². The number of carbonyl (C=O) groups is 1. The summed E-state index contributed by atoms with van der Waals surface area (Å²) in [7, 11) is 0. The summed E-state index contributed by atoms with van der Waals surface area (Å²) in [5.74, 6) is -0.268. The van der Waals surface area contributed by atoms with Gasteiger partial charge in [0.25, 0.3) is 0 Å². The van der Waals surface area contributed by atoms with Crippen molar-refractivity contribution in [3.63, 3.8) is 0 Å². The van der Waals surface area contributed by atoms with Gasteiger partial charge in [-0.25, -0.2) is 4.79 Å². The Morgan fingerprint density at radius 3 is 2.07 bits per heavy atom. The molecule has 0 aliphatic heterocycles. The summed E-state index contributed by atoms with van der Waals surface area (Å²) in [5, 5.41) is 0. The summed E-state index contributed by atoms with van der Waals surface area (Å²) in [6.07, 6.45) is 25.9. The first-order valence-corrected chi connectivity index (χ1v) is 11.1. The van der Waals surface area contributed by atoms with Crippen molar-refractivity contribution in [2.75, 3.05) is 6.61 Å². The Hall–Kier alpha value is -1.64. The number of allylic oxidation sites excluding steroid dienone is 2. The van der Waals surface area contributed by atoms with Gasteiger partial charge in [0.2, 0.25) is 0 Å². The second-order valence-electron chi connectivity index (χ2n) is 7.32. The highest BCUT2D eigenvalue weighted by Gasteiger charge is 2.05. The van der Waals surface area contributed by atoms with Crippen LogP contribution in [0.25, 0.3) is 0 Å². The molecule has 0 radical (unpaired) electrons. The van der Waals surface area contributed by atoms with E-state index in [1.807, 2.05) is 0 Å². The average Bonchev–Trinajstić information content (AvgIpc) is 2.70. The number of carbonyl (C=O) groups excluding carboxylic acids is 1. The Kier molecular flexibility index (Phi) is 15.4. The van der Waals surface area contributed by atoms with Crippen LogP contribution in [0, 0.1) is 0 Å². The maximum absolute atomic E-state index is 11.7. The van der Waals surface area contributed by atoms with Crippen LogP contribution in [0.2, 0.25) is 0 Å². The van der Waals surface area contributed by atoms with E-state index in [-0.39, 0.29) is 5.97 Å². The van der Waals surface area contributed by atoms with Crippen LogP contribution in [-0.4, -0.2) is 17.6 Å². The van der Waals surface area contributed by atoms with Crippen molar-refractivity contribution in [1.29, 1.82) is 0 Å². The van der Waals surface area contributed by atoms with Crippen molar-refractivity contribution >= 4 is 5.97 Å². The first-order valence-electron chi connectivity index (χ1n) is 11.1. The Balaban J connectivity index is 1.80. The molecule has 3 nitrogen and oxygen atoms in total. The fourth-order valence-corrected chi connectivity index (χ4v) is 3.08. The summed E-state index contributed by atoms with van der Waals surface area (Å²) in [6.45, 7) is 2.78. The highest BCUT2D eigenvalue weighted by atomic mass is 16.5. The molecule has 0 saturated carbocycles. The smallest absolute Gasteiger partial charge is 0.339 e. The predicted octanol–water partition coefficient (Wildman–Crippen LogP) is 7.28. The predicted molar refractivity (Wildman–Crippen MR) is 114 cm³/mol. The lowest BCUT2D eigenvalue weighted by molar-refractivity contribution is 0.0497. The molecule has 0 N–H and O–H groups in total. The minimum absolute atomic E-state index is 0.268. The summed E-state index contributed by atoms with van der Waals surface area (Å²) in [6, 6.07) is 3.48. The molecule has 0 aromatic carbocycles. The van der Waals surface area contributed by atoms with E-state index in [2.05, 4.69) is 24.1 Å². The molecule has 0 saturated heterocycles. The lowest BCUT2D eigenvalue weighted by atomic mass is 10.1. The third-order valence-electron chi connectivity index (χ3n) is 4.79. The van der Waals surface area contributed by atoms with E-state index in [0.717, 1.165) is 12.8 Å². The van der Waals surface area contributed by atoms with Gasteiger partial charge in [-0.3, -0.25) is 4.98 Å². The molecule has 0 spiro atoms. The van der Waals surface area contributed by atoms with Crippen molar-refractivity contribution in [3.8, 4) is 0 Å². The van der Waals surface area contributed by atoms with E-state index < -0.39 is 0 Å². The second-order valence-corrected chi connectivity index (χ2v) is 7.32. The standard InChI is InChI=1S/C24H39NO2/c1-2-3-4-5-6-7-8-9-10-11-12-13-14-15-16-17-21-27-24(26)23-19-18-20-25-22-23/h9-10,18-20,22H,2-8,11-17,21H2,1H3/b10-9-. The fraction of sp³-hybridized carbons (Fsp3) is 0.667. The number of nitrogens with zero attached hydrogens (tertiary/aromatic N) is 1. The third-order valence-corrected chi connectivity index (χ3v) is 4.79. The topological polar surface area (TPSA) is 39.2 Å². The Morgan fingerprint density at radius 1 is 0.889 bits per heavy atom. The number of rotatable bonds is 17. The number of hydrogen-bond acceptors (Lipinski definition) is 3. The molecule has 1 rings (SSSR count). The van der Waals surface area contributed by atoms with Gasteiger partial charge in [-0.05, 0) is 44.2 Å². The molecule has 27 heavy (non-hydrogen) atoms. The van der Waals surface area contributed by atoms with Crippen LogP contribution >= 0.6 is 0 Å². The zero-order chi connectivity index (χ0) is 19.4. The van der Waals surface area contributed by atoms with Crippen molar-refractivity contribution < 1.29 is 9.53 Å². The average molecular weight is 374 g/mol. The first-order chi connectivity index (χ1) is 13.3. The van der Waals surface area contributed by atoms with E-state index in [1.54, 1.807) is 24.5 Å². The monoisotopic (exact) mass is 373 g/mol. The zero-order valence-corrected chi connectivity index (χ0v) is 17.3. The van der Waals surface area contributed by atoms with Crippen LogP contribution in [0.3, 0.4) is 0 Å².